The Labute approximate surface area is 211 Å². The second-order valence-electron chi connectivity index (χ2n) is 9.81. The molecule has 0 saturated carbocycles. The molecule has 1 heterocycles. The predicted octanol–water partition coefficient (Wildman–Crippen LogP) is 8.79. The third-order valence-corrected chi connectivity index (χ3v) is 7.78. The standard InChI is InChI=1S/C26H35BCl3N2/c1-15(2)19-11-9-12-20(16(3)4)23(19)31-25(28)26(29)32(27(31)30)24-21(17(5)6)13-10-14-22(24)18(7)8/h9-18,25-26H,1H2,2-8H3/q-1/p+1/t15-,25?,26?/m0/s1. The largest absolute Gasteiger partial charge is 1.00 e. The van der Waals surface area contributed by atoms with E-state index < -0.39 is 17.4 Å². The SMILES string of the molecule is [CH2-][C@@H](C)c1cccc(C(C)C)c1N1B(Cl)N(c2c(C(C)C)cccc2C(C)C)C(Cl)C1Cl.[H+]. The molecule has 2 aromatic rings. The van der Waals surface area contributed by atoms with Crippen LogP contribution in [-0.4, -0.2) is 17.4 Å². The normalized spacial score (nSPS) is 20.2. The fourth-order valence-corrected chi connectivity index (χ4v) is 5.85. The van der Waals surface area contributed by atoms with Crippen molar-refractivity contribution in [2.45, 2.75) is 83.1 Å². The molecule has 2 nitrogen and oxygen atoms in total. The Kier molecular flexibility index (Phi) is 8.06. The Bertz CT molecular complexity index is 823. The van der Waals surface area contributed by atoms with Gasteiger partial charge in [0, 0.05) is 11.4 Å². The number of alkyl halides is 2. The van der Waals surface area contributed by atoms with Crippen LogP contribution in [0.1, 0.15) is 95.8 Å². The van der Waals surface area contributed by atoms with Crippen molar-refractivity contribution in [2.24, 2.45) is 0 Å². The van der Waals surface area contributed by atoms with Gasteiger partial charge in [0.1, 0.15) is 11.0 Å². The van der Waals surface area contributed by atoms with Crippen molar-refractivity contribution in [1.29, 1.82) is 0 Å². The molecular formula is C26H36BCl3N2. The van der Waals surface area contributed by atoms with Crippen molar-refractivity contribution in [3.63, 3.8) is 0 Å². The Morgan fingerprint density at radius 1 is 0.719 bits per heavy atom. The lowest BCUT2D eigenvalue weighted by atomic mass is 9.87. The highest BCUT2D eigenvalue weighted by molar-refractivity contribution is 7.12. The quantitative estimate of drug-likeness (QED) is 0.172. The van der Waals surface area contributed by atoms with Crippen molar-refractivity contribution in [3.8, 4) is 0 Å². The second kappa shape index (κ2) is 10.1. The number of nitrogens with zero attached hydrogens (tertiary/aromatic N) is 2. The first-order valence-corrected chi connectivity index (χ1v) is 12.9. The highest BCUT2D eigenvalue weighted by atomic mass is 35.5. The maximum Gasteiger partial charge on any atom is 1.00 e. The van der Waals surface area contributed by atoms with Gasteiger partial charge in [-0.1, -0.05) is 114 Å². The molecule has 3 atom stereocenters. The molecule has 0 aliphatic carbocycles. The molecule has 0 amide bonds. The first kappa shape index (κ1) is 25.6. The molecule has 1 aliphatic rings. The minimum atomic E-state index is -0.519. The van der Waals surface area contributed by atoms with Gasteiger partial charge in [0.25, 0.3) is 0 Å². The summed E-state index contributed by atoms with van der Waals surface area (Å²) in [6.45, 7) is 19.6. The molecule has 1 saturated heterocycles. The van der Waals surface area contributed by atoms with Crippen LogP contribution in [0.3, 0.4) is 0 Å². The van der Waals surface area contributed by atoms with Crippen LogP contribution < -0.4 is 9.62 Å². The highest BCUT2D eigenvalue weighted by Gasteiger charge is 2.51. The van der Waals surface area contributed by atoms with Crippen LogP contribution in [-0.2, 0) is 0 Å². The Morgan fingerprint density at radius 3 is 1.34 bits per heavy atom. The van der Waals surface area contributed by atoms with Gasteiger partial charge >= 0.3 is 7.82 Å². The van der Waals surface area contributed by atoms with Crippen molar-refractivity contribution < 1.29 is 1.43 Å². The molecule has 6 heteroatoms. The van der Waals surface area contributed by atoms with E-state index in [1.54, 1.807) is 0 Å². The van der Waals surface area contributed by atoms with Gasteiger partial charge in [-0.15, -0.1) is 17.4 Å². The summed E-state index contributed by atoms with van der Waals surface area (Å²) in [6, 6.07) is 12.9. The molecule has 0 radical (unpaired) electrons. The van der Waals surface area contributed by atoms with E-state index in [4.69, 9.17) is 34.7 Å². The lowest BCUT2D eigenvalue weighted by Gasteiger charge is -2.34. The summed E-state index contributed by atoms with van der Waals surface area (Å²) in [4.78, 5) is 4.20. The zero-order valence-corrected chi connectivity index (χ0v) is 22.5. The fourth-order valence-electron chi connectivity index (χ4n) is 4.65. The molecule has 32 heavy (non-hydrogen) atoms. The second-order valence-corrected chi connectivity index (χ2v) is 11.1. The molecule has 2 unspecified atom stereocenters. The molecule has 1 fully saturated rings. The number of benzene rings is 2. The van der Waals surface area contributed by atoms with Crippen LogP contribution in [0, 0.1) is 6.92 Å². The van der Waals surface area contributed by atoms with E-state index in [-0.39, 0.29) is 7.34 Å². The van der Waals surface area contributed by atoms with Crippen LogP contribution in [0.25, 0.3) is 0 Å². The summed E-state index contributed by atoms with van der Waals surface area (Å²) >= 11 is 21.4. The van der Waals surface area contributed by atoms with Crippen molar-refractivity contribution in [2.75, 3.05) is 9.62 Å². The van der Waals surface area contributed by atoms with Gasteiger partial charge in [0.15, 0.2) is 0 Å². The fraction of sp³-hybridized carbons (Fsp3) is 0.500. The highest BCUT2D eigenvalue weighted by Crippen LogP contribution is 2.47. The summed E-state index contributed by atoms with van der Waals surface area (Å²) in [5.41, 5.74) is 6.02. The van der Waals surface area contributed by atoms with Crippen molar-refractivity contribution in [1.82, 2.24) is 0 Å². The molecule has 174 valence electrons. The van der Waals surface area contributed by atoms with E-state index >= 15 is 0 Å². The van der Waals surface area contributed by atoms with E-state index in [0.717, 1.165) is 16.9 Å². The summed E-state index contributed by atoms with van der Waals surface area (Å²) in [7, 11) is 0. The van der Waals surface area contributed by atoms with Crippen molar-refractivity contribution >= 4 is 52.4 Å². The summed E-state index contributed by atoms with van der Waals surface area (Å²) in [5.74, 6) is 1.07. The van der Waals surface area contributed by atoms with Gasteiger partial charge in [0.2, 0.25) is 0 Å². The Balaban J connectivity index is 0.00000385. The Morgan fingerprint density at radius 2 is 1.03 bits per heavy atom. The zero-order valence-electron chi connectivity index (χ0n) is 21.2. The summed E-state index contributed by atoms with van der Waals surface area (Å²) in [5, 5.41) is 0. The maximum absolute atomic E-state index is 7.27. The van der Waals surface area contributed by atoms with Gasteiger partial charge in [-0.05, 0) is 34.4 Å². The number of rotatable bonds is 6. The molecule has 3 rings (SSSR count). The third kappa shape index (κ3) is 4.50. The number of hydrogen-bond acceptors (Lipinski definition) is 2. The van der Waals surface area contributed by atoms with E-state index in [2.05, 4.69) is 101 Å². The van der Waals surface area contributed by atoms with Crippen LogP contribution in [0.2, 0.25) is 0 Å². The first-order valence-electron chi connectivity index (χ1n) is 11.6. The summed E-state index contributed by atoms with van der Waals surface area (Å²) < 4.78 is 0. The average molecular weight is 494 g/mol. The maximum atomic E-state index is 7.27. The van der Waals surface area contributed by atoms with Gasteiger partial charge < -0.3 is 16.5 Å². The molecule has 0 spiro atoms. The van der Waals surface area contributed by atoms with Gasteiger partial charge in [-0.2, -0.15) is 0 Å². The van der Waals surface area contributed by atoms with E-state index in [0.29, 0.717) is 17.8 Å². The minimum absolute atomic E-state index is 0. The van der Waals surface area contributed by atoms with Gasteiger partial charge in [0.05, 0.1) is 0 Å². The van der Waals surface area contributed by atoms with Crippen LogP contribution in [0.15, 0.2) is 36.4 Å². The Hall–Kier alpha value is -1.03. The third-order valence-electron chi connectivity index (χ3n) is 6.33. The lowest BCUT2D eigenvalue weighted by molar-refractivity contribution is 0.803. The predicted molar refractivity (Wildman–Crippen MR) is 146 cm³/mol. The molecule has 1 aliphatic heterocycles. The van der Waals surface area contributed by atoms with Gasteiger partial charge in [-0.25, -0.2) is 0 Å². The molecule has 0 N–H and O–H groups in total. The monoisotopic (exact) mass is 492 g/mol. The smallest absolute Gasteiger partial charge is 0.363 e. The number of para-hydroxylation sites is 2. The van der Waals surface area contributed by atoms with E-state index in [1.165, 1.54) is 16.7 Å². The molecule has 0 aromatic heterocycles. The van der Waals surface area contributed by atoms with Crippen LogP contribution >= 0.6 is 34.7 Å². The summed E-state index contributed by atoms with van der Waals surface area (Å²) in [6.07, 6.45) is -0.519. The van der Waals surface area contributed by atoms with Crippen LogP contribution in [0.4, 0.5) is 11.4 Å². The van der Waals surface area contributed by atoms with Gasteiger partial charge in [-0.3, -0.25) is 0 Å². The number of halogens is 3. The van der Waals surface area contributed by atoms with Crippen LogP contribution in [0.5, 0.6) is 0 Å². The van der Waals surface area contributed by atoms with E-state index in [1.807, 2.05) is 0 Å². The molecule has 0 bridgehead atoms. The minimum Gasteiger partial charge on any atom is -0.363 e. The first-order chi connectivity index (χ1) is 15.0. The number of anilines is 2. The zero-order chi connectivity index (χ0) is 23.9. The molecule has 2 aromatic carbocycles. The molecular weight excluding hydrogens is 457 g/mol. The van der Waals surface area contributed by atoms with Crippen molar-refractivity contribution in [3.05, 3.63) is 65.6 Å². The van der Waals surface area contributed by atoms with E-state index in [9.17, 15) is 0 Å². The topological polar surface area (TPSA) is 6.48 Å². The average Bonchev–Trinajstić information content (AvgIpc) is 2.94. The lowest BCUT2D eigenvalue weighted by Crippen LogP contribution is -2.43. The number of hydrogen-bond donors (Lipinski definition) is 0.